The third-order valence-electron chi connectivity index (χ3n) is 3.45. The molecule has 2 rings (SSSR count). The lowest BCUT2D eigenvalue weighted by Crippen LogP contribution is -2.44. The van der Waals surface area contributed by atoms with Gasteiger partial charge in [0.05, 0.1) is 12.7 Å². The Hall–Kier alpha value is -2.08. The van der Waals surface area contributed by atoms with Crippen LogP contribution in [0.4, 0.5) is 10.5 Å². The molecule has 0 aliphatic carbocycles. The lowest BCUT2D eigenvalue weighted by molar-refractivity contribution is -0.0124. The van der Waals surface area contributed by atoms with Crippen molar-refractivity contribution in [1.29, 1.82) is 0 Å². The maximum absolute atomic E-state index is 12.4. The molecular formula is C16H23N3O3. The summed E-state index contributed by atoms with van der Waals surface area (Å²) in [6.07, 6.45) is 0.958. The molecule has 1 fully saturated rings. The van der Waals surface area contributed by atoms with Gasteiger partial charge in [-0.2, -0.15) is 0 Å². The summed E-state index contributed by atoms with van der Waals surface area (Å²) in [5.41, 5.74) is 1.29. The minimum absolute atomic E-state index is 0.00265. The van der Waals surface area contributed by atoms with Gasteiger partial charge in [0.15, 0.2) is 0 Å². The first-order chi connectivity index (χ1) is 10.6. The number of morpholine rings is 1. The van der Waals surface area contributed by atoms with E-state index in [0.29, 0.717) is 37.5 Å². The van der Waals surface area contributed by atoms with E-state index in [1.807, 2.05) is 13.8 Å². The minimum Gasteiger partial charge on any atom is -0.375 e. The number of anilines is 1. The maximum Gasteiger partial charge on any atom is 0.319 e. The molecule has 1 aromatic rings. The third kappa shape index (κ3) is 4.46. The van der Waals surface area contributed by atoms with Crippen LogP contribution < -0.4 is 10.6 Å². The van der Waals surface area contributed by atoms with E-state index in [1.54, 1.807) is 29.2 Å². The van der Waals surface area contributed by atoms with Crippen LogP contribution in [0.5, 0.6) is 0 Å². The number of hydrogen-bond acceptors (Lipinski definition) is 3. The van der Waals surface area contributed by atoms with Gasteiger partial charge in [0.1, 0.15) is 0 Å². The summed E-state index contributed by atoms with van der Waals surface area (Å²) in [5.74, 6) is -0.00265. The largest absolute Gasteiger partial charge is 0.375 e. The van der Waals surface area contributed by atoms with Crippen LogP contribution in [0.15, 0.2) is 24.3 Å². The lowest BCUT2D eigenvalue weighted by atomic mass is 10.1. The number of rotatable bonds is 4. The van der Waals surface area contributed by atoms with Gasteiger partial charge in [0.2, 0.25) is 0 Å². The molecule has 22 heavy (non-hydrogen) atoms. The molecule has 1 aliphatic rings. The van der Waals surface area contributed by atoms with E-state index in [-0.39, 0.29) is 18.0 Å². The number of ether oxygens (including phenoxy) is 1. The van der Waals surface area contributed by atoms with Crippen LogP contribution in [-0.2, 0) is 4.74 Å². The van der Waals surface area contributed by atoms with E-state index in [0.717, 1.165) is 6.42 Å². The highest BCUT2D eigenvalue weighted by molar-refractivity contribution is 5.95. The topological polar surface area (TPSA) is 70.7 Å². The van der Waals surface area contributed by atoms with Gasteiger partial charge >= 0.3 is 6.03 Å². The van der Waals surface area contributed by atoms with Crippen molar-refractivity contribution in [3.05, 3.63) is 29.8 Å². The van der Waals surface area contributed by atoms with Crippen LogP contribution in [0.3, 0.4) is 0 Å². The number of nitrogens with zero attached hydrogens (tertiary/aromatic N) is 1. The van der Waals surface area contributed by atoms with Gasteiger partial charge in [-0.15, -0.1) is 0 Å². The van der Waals surface area contributed by atoms with E-state index in [4.69, 9.17) is 4.74 Å². The monoisotopic (exact) mass is 305 g/mol. The number of nitrogens with one attached hydrogen (secondary N) is 2. The number of hydrogen-bond donors (Lipinski definition) is 2. The summed E-state index contributed by atoms with van der Waals surface area (Å²) in [7, 11) is 0. The number of carbonyl (C=O) groups is 2. The minimum atomic E-state index is -0.233. The highest BCUT2D eigenvalue weighted by atomic mass is 16.5. The number of benzene rings is 1. The van der Waals surface area contributed by atoms with E-state index in [2.05, 4.69) is 10.6 Å². The molecule has 1 aliphatic heterocycles. The summed E-state index contributed by atoms with van der Waals surface area (Å²) in [6.45, 7) is 6.39. The Bertz CT molecular complexity index is 516. The SMILES string of the molecule is CCCNC(=O)Nc1ccc(C(=O)N2CCOC(C)C2)cc1. The van der Waals surface area contributed by atoms with Crippen molar-refractivity contribution in [2.75, 3.05) is 31.6 Å². The van der Waals surface area contributed by atoms with E-state index in [1.165, 1.54) is 0 Å². The molecule has 1 unspecified atom stereocenters. The highest BCUT2D eigenvalue weighted by Gasteiger charge is 2.22. The predicted octanol–water partition coefficient (Wildman–Crippen LogP) is 2.08. The van der Waals surface area contributed by atoms with Crippen LogP contribution in [0.1, 0.15) is 30.6 Å². The van der Waals surface area contributed by atoms with Crippen LogP contribution >= 0.6 is 0 Å². The molecule has 1 saturated heterocycles. The quantitative estimate of drug-likeness (QED) is 0.894. The summed E-state index contributed by atoms with van der Waals surface area (Å²) in [4.78, 5) is 25.7. The zero-order valence-electron chi connectivity index (χ0n) is 13.1. The Kier molecular flexibility index (Phi) is 5.77. The summed E-state index contributed by atoms with van der Waals surface area (Å²) in [5, 5.41) is 5.47. The Morgan fingerprint density at radius 2 is 2.05 bits per heavy atom. The molecule has 6 nitrogen and oxygen atoms in total. The highest BCUT2D eigenvalue weighted by Crippen LogP contribution is 2.14. The van der Waals surface area contributed by atoms with Crippen LogP contribution in [0.2, 0.25) is 0 Å². The normalized spacial score (nSPS) is 17.9. The zero-order chi connectivity index (χ0) is 15.9. The fourth-order valence-corrected chi connectivity index (χ4v) is 2.30. The van der Waals surface area contributed by atoms with Gasteiger partial charge in [-0.3, -0.25) is 4.79 Å². The summed E-state index contributed by atoms with van der Waals surface area (Å²) >= 11 is 0. The van der Waals surface area contributed by atoms with Crippen LogP contribution in [0, 0.1) is 0 Å². The van der Waals surface area contributed by atoms with E-state index in [9.17, 15) is 9.59 Å². The first-order valence-corrected chi connectivity index (χ1v) is 7.66. The summed E-state index contributed by atoms with van der Waals surface area (Å²) in [6, 6.07) is 6.71. The van der Waals surface area contributed by atoms with Crippen molar-refractivity contribution < 1.29 is 14.3 Å². The molecule has 0 bridgehead atoms. The summed E-state index contributed by atoms with van der Waals surface area (Å²) < 4.78 is 5.44. The van der Waals surface area contributed by atoms with Crippen molar-refractivity contribution >= 4 is 17.6 Å². The van der Waals surface area contributed by atoms with Gasteiger partial charge in [0.25, 0.3) is 5.91 Å². The smallest absolute Gasteiger partial charge is 0.319 e. The average Bonchev–Trinajstić information content (AvgIpc) is 2.53. The van der Waals surface area contributed by atoms with E-state index < -0.39 is 0 Å². The molecular weight excluding hydrogens is 282 g/mol. The fraction of sp³-hybridized carbons (Fsp3) is 0.500. The van der Waals surface area contributed by atoms with Gasteiger partial charge in [-0.1, -0.05) is 6.92 Å². The molecule has 1 atom stereocenters. The molecule has 1 heterocycles. The third-order valence-corrected chi connectivity index (χ3v) is 3.45. The molecule has 0 aromatic heterocycles. The molecule has 0 spiro atoms. The van der Waals surface area contributed by atoms with Crippen molar-refractivity contribution in [2.45, 2.75) is 26.4 Å². The number of urea groups is 1. The molecule has 2 N–H and O–H groups in total. The number of carbonyl (C=O) groups excluding carboxylic acids is 2. The molecule has 6 heteroatoms. The molecule has 3 amide bonds. The second kappa shape index (κ2) is 7.79. The molecule has 0 radical (unpaired) electrons. The average molecular weight is 305 g/mol. The first kappa shape index (κ1) is 16.3. The molecule has 0 saturated carbocycles. The van der Waals surface area contributed by atoms with Gasteiger partial charge in [-0.25, -0.2) is 4.79 Å². The molecule has 120 valence electrons. The Morgan fingerprint density at radius 3 is 2.68 bits per heavy atom. The van der Waals surface area contributed by atoms with Crippen molar-refractivity contribution in [3.63, 3.8) is 0 Å². The Balaban J connectivity index is 1.93. The predicted molar refractivity (Wildman–Crippen MR) is 85.1 cm³/mol. The van der Waals surface area contributed by atoms with Crippen LogP contribution in [-0.4, -0.2) is 49.2 Å². The Morgan fingerprint density at radius 1 is 1.32 bits per heavy atom. The second-order valence-corrected chi connectivity index (χ2v) is 5.39. The van der Waals surface area contributed by atoms with Gasteiger partial charge in [0, 0.05) is 30.9 Å². The second-order valence-electron chi connectivity index (χ2n) is 5.39. The van der Waals surface area contributed by atoms with Crippen molar-refractivity contribution in [3.8, 4) is 0 Å². The maximum atomic E-state index is 12.4. The molecule has 1 aromatic carbocycles. The standard InChI is InChI=1S/C16H23N3O3/c1-3-8-17-16(21)18-14-6-4-13(5-7-14)15(20)19-9-10-22-12(2)11-19/h4-7,12H,3,8-11H2,1-2H3,(H2,17,18,21). The van der Waals surface area contributed by atoms with Gasteiger partial charge < -0.3 is 20.3 Å². The van der Waals surface area contributed by atoms with Gasteiger partial charge in [-0.05, 0) is 37.6 Å². The lowest BCUT2D eigenvalue weighted by Gasteiger charge is -2.31. The van der Waals surface area contributed by atoms with Crippen molar-refractivity contribution in [2.24, 2.45) is 0 Å². The zero-order valence-corrected chi connectivity index (χ0v) is 13.1. The fourth-order valence-electron chi connectivity index (χ4n) is 2.30. The number of amides is 3. The van der Waals surface area contributed by atoms with E-state index >= 15 is 0 Å². The van der Waals surface area contributed by atoms with Crippen LogP contribution in [0.25, 0.3) is 0 Å². The first-order valence-electron chi connectivity index (χ1n) is 7.66. The van der Waals surface area contributed by atoms with Crippen molar-refractivity contribution in [1.82, 2.24) is 10.2 Å². The Labute approximate surface area is 130 Å².